The Morgan fingerprint density at radius 1 is 1.28 bits per heavy atom. The van der Waals surface area contributed by atoms with Crippen LogP contribution in [0.1, 0.15) is 35.9 Å². The van der Waals surface area contributed by atoms with Gasteiger partial charge < -0.3 is 14.2 Å². The molecule has 0 unspecified atom stereocenters. The molecule has 0 radical (unpaired) electrons. The fourth-order valence-corrected chi connectivity index (χ4v) is 3.71. The molecule has 0 N–H and O–H groups in total. The van der Waals surface area contributed by atoms with E-state index in [1.165, 1.54) is 6.08 Å². The summed E-state index contributed by atoms with van der Waals surface area (Å²) >= 11 is 0. The van der Waals surface area contributed by atoms with Crippen molar-refractivity contribution in [2.24, 2.45) is 0 Å². The number of fused-ring (bicyclic) bond motifs is 1. The summed E-state index contributed by atoms with van der Waals surface area (Å²) in [5, 5.41) is 9.41. The Kier molecular flexibility index (Phi) is 6.18. The van der Waals surface area contributed by atoms with E-state index in [1.807, 2.05) is 50.2 Å². The minimum absolute atomic E-state index is 0.114. The summed E-state index contributed by atoms with van der Waals surface area (Å²) in [7, 11) is 0. The fourth-order valence-electron chi connectivity index (χ4n) is 3.71. The van der Waals surface area contributed by atoms with Gasteiger partial charge in [0, 0.05) is 30.2 Å². The second kappa shape index (κ2) is 8.78. The molecule has 3 rings (SSSR count). The Morgan fingerprint density at radius 2 is 2.03 bits per heavy atom. The van der Waals surface area contributed by atoms with E-state index in [0.717, 1.165) is 47.6 Å². The summed E-state index contributed by atoms with van der Waals surface area (Å²) in [5.74, 6) is -1.07. The number of ether oxygens (including phenoxy) is 1. The molecule has 6 nitrogen and oxygen atoms in total. The normalized spacial score (nSPS) is 13.2. The van der Waals surface area contributed by atoms with Crippen molar-refractivity contribution in [3.05, 3.63) is 58.4 Å². The van der Waals surface area contributed by atoms with Gasteiger partial charge in [0.2, 0.25) is 0 Å². The molecule has 0 bridgehead atoms. The number of amides is 1. The van der Waals surface area contributed by atoms with E-state index in [4.69, 9.17) is 4.74 Å². The van der Waals surface area contributed by atoms with Crippen LogP contribution in [0.4, 0.5) is 5.69 Å². The largest absolute Gasteiger partial charge is 0.451 e. The number of hydrogen-bond donors (Lipinski definition) is 0. The van der Waals surface area contributed by atoms with E-state index in [2.05, 4.69) is 11.5 Å². The van der Waals surface area contributed by atoms with Crippen molar-refractivity contribution in [2.45, 2.75) is 40.2 Å². The maximum atomic E-state index is 12.5. The number of esters is 1. The summed E-state index contributed by atoms with van der Waals surface area (Å²) in [5.41, 5.74) is 4.72. The minimum atomic E-state index is -0.784. The Labute approximate surface area is 171 Å². The van der Waals surface area contributed by atoms with Crippen molar-refractivity contribution >= 4 is 23.6 Å². The van der Waals surface area contributed by atoms with Gasteiger partial charge in [-0.05, 0) is 56.0 Å². The molecule has 1 aliphatic rings. The first-order chi connectivity index (χ1) is 14.0. The van der Waals surface area contributed by atoms with Gasteiger partial charge in [0.25, 0.3) is 5.91 Å². The van der Waals surface area contributed by atoms with Crippen LogP contribution in [-0.2, 0) is 27.3 Å². The van der Waals surface area contributed by atoms with Crippen molar-refractivity contribution in [2.75, 3.05) is 18.1 Å². The van der Waals surface area contributed by atoms with Crippen LogP contribution in [0.2, 0.25) is 0 Å². The molecule has 0 aliphatic carbocycles. The molecule has 0 saturated carbocycles. The Balaban J connectivity index is 1.68. The number of aromatic nitrogens is 1. The first kappa shape index (κ1) is 20.4. The lowest BCUT2D eigenvalue weighted by molar-refractivity contribution is -0.143. The summed E-state index contributed by atoms with van der Waals surface area (Å²) in [4.78, 5) is 26.5. The van der Waals surface area contributed by atoms with Gasteiger partial charge in [-0.3, -0.25) is 4.79 Å². The third-order valence-electron chi connectivity index (χ3n) is 5.22. The van der Waals surface area contributed by atoms with E-state index in [0.29, 0.717) is 6.54 Å². The monoisotopic (exact) mass is 391 g/mol. The number of rotatable bonds is 6. The van der Waals surface area contributed by atoms with Crippen LogP contribution in [0.25, 0.3) is 6.08 Å². The van der Waals surface area contributed by atoms with Crippen molar-refractivity contribution < 1.29 is 14.3 Å². The van der Waals surface area contributed by atoms with Gasteiger partial charge in [-0.25, -0.2) is 4.79 Å². The average Bonchev–Trinajstić information content (AvgIpc) is 3.26. The van der Waals surface area contributed by atoms with Crippen molar-refractivity contribution in [1.82, 2.24) is 4.57 Å². The second-order valence-electron chi connectivity index (χ2n) is 7.15. The molecule has 1 aromatic heterocycles. The Morgan fingerprint density at radius 3 is 2.76 bits per heavy atom. The van der Waals surface area contributed by atoms with Crippen LogP contribution in [-0.4, -0.2) is 29.6 Å². The number of para-hydroxylation sites is 1. The Hall–Kier alpha value is -3.33. The molecular formula is C23H25N3O3. The van der Waals surface area contributed by atoms with Crippen LogP contribution < -0.4 is 4.90 Å². The SMILES string of the molecule is CCCn1c(C)cc(/C=C(\C#N)C(=O)OCC(=O)N2CCc3ccccc32)c1C. The Bertz CT molecular complexity index is 1010. The molecular weight excluding hydrogens is 366 g/mol. The van der Waals surface area contributed by atoms with Crippen LogP contribution in [0, 0.1) is 25.2 Å². The average molecular weight is 391 g/mol. The van der Waals surface area contributed by atoms with Crippen LogP contribution in [0.3, 0.4) is 0 Å². The van der Waals surface area contributed by atoms with Crippen LogP contribution in [0.15, 0.2) is 35.9 Å². The molecule has 2 aromatic rings. The van der Waals surface area contributed by atoms with Crippen molar-refractivity contribution in [3.63, 3.8) is 0 Å². The van der Waals surface area contributed by atoms with Gasteiger partial charge in [-0.15, -0.1) is 0 Å². The standard InChI is InChI=1S/C23H25N3O3/c1-4-10-25-16(2)12-19(17(25)3)13-20(14-24)23(28)29-15-22(27)26-11-9-18-7-5-6-8-21(18)26/h5-8,12-13H,4,9-11,15H2,1-3H3/b20-13+. The zero-order valence-electron chi connectivity index (χ0n) is 17.1. The first-order valence-electron chi connectivity index (χ1n) is 9.80. The lowest BCUT2D eigenvalue weighted by Crippen LogP contribution is -2.33. The number of benzene rings is 1. The molecule has 0 saturated heterocycles. The topological polar surface area (TPSA) is 75.3 Å². The minimum Gasteiger partial charge on any atom is -0.451 e. The summed E-state index contributed by atoms with van der Waals surface area (Å²) < 4.78 is 7.31. The fraction of sp³-hybridized carbons (Fsp3) is 0.348. The van der Waals surface area contributed by atoms with Crippen LogP contribution >= 0.6 is 0 Å². The van der Waals surface area contributed by atoms with Gasteiger partial charge >= 0.3 is 5.97 Å². The lowest BCUT2D eigenvalue weighted by Gasteiger charge is -2.17. The highest BCUT2D eigenvalue weighted by atomic mass is 16.5. The summed E-state index contributed by atoms with van der Waals surface area (Å²) in [6, 6.07) is 11.5. The first-order valence-corrected chi connectivity index (χ1v) is 9.80. The van der Waals surface area contributed by atoms with Gasteiger partial charge in [-0.1, -0.05) is 25.1 Å². The van der Waals surface area contributed by atoms with Gasteiger partial charge in [0.05, 0.1) is 0 Å². The smallest absolute Gasteiger partial charge is 0.349 e. The van der Waals surface area contributed by atoms with Crippen molar-refractivity contribution in [3.8, 4) is 6.07 Å². The van der Waals surface area contributed by atoms with E-state index in [9.17, 15) is 14.9 Å². The number of carbonyl (C=O) groups is 2. The highest BCUT2D eigenvalue weighted by Gasteiger charge is 2.25. The number of hydrogen-bond acceptors (Lipinski definition) is 4. The van der Waals surface area contributed by atoms with E-state index in [-0.39, 0.29) is 18.1 Å². The summed E-state index contributed by atoms with van der Waals surface area (Å²) in [6.45, 7) is 7.12. The molecule has 1 amide bonds. The van der Waals surface area contributed by atoms with Gasteiger partial charge in [-0.2, -0.15) is 5.26 Å². The molecule has 6 heteroatoms. The van der Waals surface area contributed by atoms with Gasteiger partial charge in [0.15, 0.2) is 6.61 Å². The lowest BCUT2D eigenvalue weighted by atomic mass is 10.1. The molecule has 150 valence electrons. The zero-order valence-corrected chi connectivity index (χ0v) is 17.1. The van der Waals surface area contributed by atoms with E-state index >= 15 is 0 Å². The quantitative estimate of drug-likeness (QED) is 0.429. The maximum absolute atomic E-state index is 12.5. The molecule has 1 aliphatic heterocycles. The zero-order chi connectivity index (χ0) is 21.0. The third-order valence-corrected chi connectivity index (χ3v) is 5.22. The van der Waals surface area contributed by atoms with E-state index < -0.39 is 5.97 Å². The molecule has 0 atom stereocenters. The maximum Gasteiger partial charge on any atom is 0.349 e. The number of carbonyl (C=O) groups excluding carboxylic acids is 2. The number of anilines is 1. The molecule has 0 fully saturated rings. The number of nitrogens with zero attached hydrogens (tertiary/aromatic N) is 3. The predicted octanol–water partition coefficient (Wildman–Crippen LogP) is 3.55. The van der Waals surface area contributed by atoms with E-state index in [1.54, 1.807) is 4.90 Å². The second-order valence-corrected chi connectivity index (χ2v) is 7.15. The predicted molar refractivity (Wildman–Crippen MR) is 111 cm³/mol. The molecule has 0 spiro atoms. The number of aryl methyl sites for hydroxylation is 1. The highest BCUT2D eigenvalue weighted by Crippen LogP contribution is 2.27. The third kappa shape index (κ3) is 4.24. The summed E-state index contributed by atoms with van der Waals surface area (Å²) in [6.07, 6.45) is 3.31. The highest BCUT2D eigenvalue weighted by molar-refractivity contribution is 6.01. The number of nitriles is 1. The van der Waals surface area contributed by atoms with Crippen molar-refractivity contribution in [1.29, 1.82) is 5.26 Å². The van der Waals surface area contributed by atoms with Crippen LogP contribution in [0.5, 0.6) is 0 Å². The molecule has 1 aromatic carbocycles. The molecule has 2 heterocycles. The molecule has 29 heavy (non-hydrogen) atoms. The van der Waals surface area contributed by atoms with Gasteiger partial charge in [0.1, 0.15) is 11.6 Å².